The predicted molar refractivity (Wildman–Crippen MR) is 103 cm³/mol. The van der Waals surface area contributed by atoms with Crippen LogP contribution >= 0.6 is 11.3 Å². The van der Waals surface area contributed by atoms with Crippen molar-refractivity contribution >= 4 is 23.2 Å². The minimum absolute atomic E-state index is 0.0341. The summed E-state index contributed by atoms with van der Waals surface area (Å²) in [5.41, 5.74) is 0.883. The third-order valence-electron chi connectivity index (χ3n) is 3.86. The maximum Gasteiger partial charge on any atom is 0.282 e. The first kappa shape index (κ1) is 18.0. The summed E-state index contributed by atoms with van der Waals surface area (Å²) >= 11 is 1.41. The number of ether oxygens (including phenoxy) is 2. The molecule has 0 amide bonds. The van der Waals surface area contributed by atoms with Gasteiger partial charge in [0.05, 0.1) is 29.0 Å². The van der Waals surface area contributed by atoms with Gasteiger partial charge in [-0.2, -0.15) is 5.10 Å². The lowest BCUT2D eigenvalue weighted by Gasteiger charge is -2.03. The standard InChI is InChI=1S/C18H16N4O5S/c1-11(2)20-18-21(14(9-28-18)15-4-3-5-25-15)19-8-12-6-16-17(27-10-26-16)7-13(12)22(23)24/h3-9,11H,10H2,1-2H3/b19-8-,20-18?. The topological polar surface area (TPSA) is 104 Å². The number of nitro groups is 1. The lowest BCUT2D eigenvalue weighted by Crippen LogP contribution is -2.14. The Kier molecular flexibility index (Phi) is 4.70. The molecule has 0 N–H and O–H groups in total. The van der Waals surface area contributed by atoms with E-state index in [2.05, 4.69) is 10.1 Å². The number of thiazole rings is 1. The minimum atomic E-state index is -0.478. The number of nitrogens with zero attached hydrogens (tertiary/aromatic N) is 4. The number of aromatic nitrogens is 1. The molecule has 0 aliphatic carbocycles. The van der Waals surface area contributed by atoms with Gasteiger partial charge in [0, 0.05) is 11.4 Å². The van der Waals surface area contributed by atoms with Crippen molar-refractivity contribution in [2.75, 3.05) is 6.79 Å². The van der Waals surface area contributed by atoms with E-state index in [4.69, 9.17) is 13.9 Å². The fourth-order valence-corrected chi connectivity index (χ4v) is 3.59. The molecule has 1 aliphatic rings. The fraction of sp³-hybridized carbons (Fsp3) is 0.222. The van der Waals surface area contributed by atoms with Gasteiger partial charge < -0.3 is 13.9 Å². The summed E-state index contributed by atoms with van der Waals surface area (Å²) in [5.74, 6) is 1.42. The van der Waals surface area contributed by atoms with Gasteiger partial charge in [0.1, 0.15) is 5.69 Å². The van der Waals surface area contributed by atoms with Crippen LogP contribution in [0.4, 0.5) is 5.69 Å². The maximum absolute atomic E-state index is 11.5. The molecular formula is C18H16N4O5S. The van der Waals surface area contributed by atoms with Gasteiger partial charge in [0.2, 0.25) is 11.6 Å². The molecule has 28 heavy (non-hydrogen) atoms. The van der Waals surface area contributed by atoms with E-state index in [0.29, 0.717) is 33.3 Å². The van der Waals surface area contributed by atoms with Crippen LogP contribution in [-0.4, -0.2) is 28.6 Å². The molecule has 9 nitrogen and oxygen atoms in total. The summed E-state index contributed by atoms with van der Waals surface area (Å²) < 4.78 is 17.6. The highest BCUT2D eigenvalue weighted by Crippen LogP contribution is 2.37. The van der Waals surface area contributed by atoms with Crippen LogP contribution < -0.4 is 14.3 Å². The maximum atomic E-state index is 11.5. The molecule has 1 aliphatic heterocycles. The van der Waals surface area contributed by atoms with Crippen LogP contribution in [0.15, 0.2) is 50.4 Å². The first-order chi connectivity index (χ1) is 13.5. The van der Waals surface area contributed by atoms with E-state index in [1.807, 2.05) is 25.3 Å². The largest absolute Gasteiger partial charge is 0.463 e. The molecule has 0 atom stereocenters. The molecule has 0 fully saturated rings. The number of hydrogen-bond acceptors (Lipinski definition) is 8. The zero-order chi connectivity index (χ0) is 19.7. The van der Waals surface area contributed by atoms with E-state index in [1.165, 1.54) is 23.6 Å². The number of fused-ring (bicyclic) bond motifs is 1. The van der Waals surface area contributed by atoms with Crippen molar-refractivity contribution in [1.29, 1.82) is 0 Å². The van der Waals surface area contributed by atoms with Gasteiger partial charge in [0.25, 0.3) is 5.69 Å². The van der Waals surface area contributed by atoms with Crippen molar-refractivity contribution in [1.82, 2.24) is 4.68 Å². The number of nitro benzene ring substituents is 1. The van der Waals surface area contributed by atoms with Crippen molar-refractivity contribution in [3.05, 3.63) is 56.4 Å². The predicted octanol–water partition coefficient (Wildman–Crippen LogP) is 3.64. The van der Waals surface area contributed by atoms with Gasteiger partial charge in [-0.05, 0) is 32.0 Å². The molecule has 0 radical (unpaired) electrons. The highest BCUT2D eigenvalue weighted by atomic mass is 32.1. The van der Waals surface area contributed by atoms with E-state index >= 15 is 0 Å². The Hall–Kier alpha value is -3.40. The second kappa shape index (κ2) is 7.31. The Morgan fingerprint density at radius 2 is 2.11 bits per heavy atom. The smallest absolute Gasteiger partial charge is 0.282 e. The number of hydrogen-bond donors (Lipinski definition) is 0. The first-order valence-electron chi connectivity index (χ1n) is 8.43. The zero-order valence-corrected chi connectivity index (χ0v) is 15.9. The van der Waals surface area contributed by atoms with Crippen LogP contribution in [0.3, 0.4) is 0 Å². The molecular weight excluding hydrogens is 384 g/mol. The van der Waals surface area contributed by atoms with Crippen LogP contribution in [0.25, 0.3) is 11.5 Å². The van der Waals surface area contributed by atoms with Crippen LogP contribution in [-0.2, 0) is 0 Å². The molecule has 3 heterocycles. The Balaban J connectivity index is 1.82. The van der Waals surface area contributed by atoms with Crippen molar-refractivity contribution < 1.29 is 18.8 Å². The molecule has 0 spiro atoms. The normalized spacial score (nSPS) is 13.8. The Bertz CT molecular complexity index is 1110. The SMILES string of the molecule is CC(C)N=c1scc(-c2ccco2)n1/N=C\c1cc2c(cc1[N+](=O)[O-])OCO2. The van der Waals surface area contributed by atoms with Gasteiger partial charge in [-0.15, -0.1) is 11.3 Å². The second-order valence-electron chi connectivity index (χ2n) is 6.18. The third-order valence-corrected chi connectivity index (χ3v) is 4.69. The third kappa shape index (κ3) is 3.41. The van der Waals surface area contributed by atoms with Gasteiger partial charge in [-0.25, -0.2) is 4.68 Å². The molecule has 0 unspecified atom stereocenters. The van der Waals surface area contributed by atoms with Crippen molar-refractivity contribution in [2.45, 2.75) is 19.9 Å². The summed E-state index contributed by atoms with van der Waals surface area (Å²) in [6, 6.07) is 6.54. The molecule has 3 aromatic rings. The molecule has 0 saturated heterocycles. The summed E-state index contributed by atoms with van der Waals surface area (Å²) in [5, 5.41) is 17.8. The average molecular weight is 400 g/mol. The van der Waals surface area contributed by atoms with Crippen molar-refractivity contribution in [2.24, 2.45) is 10.1 Å². The minimum Gasteiger partial charge on any atom is -0.463 e. The molecule has 10 heteroatoms. The quantitative estimate of drug-likeness (QED) is 0.369. The Labute approximate surface area is 163 Å². The number of rotatable bonds is 5. The van der Waals surface area contributed by atoms with Gasteiger partial charge in [0.15, 0.2) is 17.3 Å². The van der Waals surface area contributed by atoms with Crippen molar-refractivity contribution in [3.63, 3.8) is 0 Å². The van der Waals surface area contributed by atoms with Gasteiger partial charge in [-0.1, -0.05) is 0 Å². The fourth-order valence-electron chi connectivity index (χ4n) is 2.64. The summed E-state index contributed by atoms with van der Waals surface area (Å²) in [6.45, 7) is 3.96. The molecule has 2 aromatic heterocycles. The molecule has 1 aromatic carbocycles. The average Bonchev–Trinajstić information content (AvgIpc) is 3.39. The van der Waals surface area contributed by atoms with E-state index in [9.17, 15) is 10.1 Å². The summed E-state index contributed by atoms with van der Waals surface area (Å²) in [6.07, 6.45) is 2.99. The van der Waals surface area contributed by atoms with Crippen LogP contribution in [0, 0.1) is 10.1 Å². The van der Waals surface area contributed by atoms with E-state index in [0.717, 1.165) is 0 Å². The van der Waals surface area contributed by atoms with Crippen LogP contribution in [0.1, 0.15) is 19.4 Å². The summed E-state index contributed by atoms with van der Waals surface area (Å²) in [7, 11) is 0. The lowest BCUT2D eigenvalue weighted by atomic mass is 10.1. The van der Waals surface area contributed by atoms with Crippen LogP contribution in [0.2, 0.25) is 0 Å². The first-order valence-corrected chi connectivity index (χ1v) is 9.31. The van der Waals surface area contributed by atoms with Crippen LogP contribution in [0.5, 0.6) is 11.5 Å². The summed E-state index contributed by atoms with van der Waals surface area (Å²) in [4.78, 5) is 16.2. The highest BCUT2D eigenvalue weighted by Gasteiger charge is 2.22. The van der Waals surface area contributed by atoms with E-state index in [-0.39, 0.29) is 18.5 Å². The molecule has 4 rings (SSSR count). The molecule has 0 saturated carbocycles. The van der Waals surface area contributed by atoms with E-state index in [1.54, 1.807) is 23.1 Å². The molecule has 0 bridgehead atoms. The monoisotopic (exact) mass is 400 g/mol. The second-order valence-corrected chi connectivity index (χ2v) is 7.02. The van der Waals surface area contributed by atoms with E-state index < -0.39 is 4.92 Å². The van der Waals surface area contributed by atoms with Gasteiger partial charge in [-0.3, -0.25) is 15.1 Å². The van der Waals surface area contributed by atoms with Gasteiger partial charge >= 0.3 is 0 Å². The Morgan fingerprint density at radius 3 is 2.79 bits per heavy atom. The highest BCUT2D eigenvalue weighted by molar-refractivity contribution is 7.07. The molecule has 144 valence electrons. The number of furan rings is 1. The number of benzene rings is 1. The zero-order valence-electron chi connectivity index (χ0n) is 15.1. The van der Waals surface area contributed by atoms with Crippen molar-refractivity contribution in [3.8, 4) is 23.0 Å². The Morgan fingerprint density at radius 1 is 1.32 bits per heavy atom. The lowest BCUT2D eigenvalue weighted by molar-refractivity contribution is -0.385.